The summed E-state index contributed by atoms with van der Waals surface area (Å²) in [6, 6.07) is 15.9. The van der Waals surface area contributed by atoms with Gasteiger partial charge < -0.3 is 19.9 Å². The molecule has 1 aliphatic heterocycles. The van der Waals surface area contributed by atoms with Gasteiger partial charge in [0.2, 0.25) is 5.91 Å². The lowest BCUT2D eigenvalue weighted by Crippen LogP contribution is -2.56. The fraction of sp³-hybridized carbons (Fsp3) is 0.211. The molecule has 1 N–H and O–H groups in total. The smallest absolute Gasteiger partial charge is 0.316 e. The zero-order valence-electron chi connectivity index (χ0n) is 14.3. The van der Waals surface area contributed by atoms with Crippen molar-refractivity contribution in [3.63, 3.8) is 0 Å². The zero-order chi connectivity index (χ0) is 18.5. The van der Waals surface area contributed by atoms with E-state index in [1.54, 1.807) is 48.5 Å². The van der Waals surface area contributed by atoms with Gasteiger partial charge in [-0.15, -0.1) is 0 Å². The van der Waals surface area contributed by atoms with E-state index in [0.29, 0.717) is 23.7 Å². The molecule has 0 aromatic heterocycles. The summed E-state index contributed by atoms with van der Waals surface area (Å²) in [4.78, 5) is 39.6. The molecule has 0 bridgehead atoms. The predicted octanol–water partition coefficient (Wildman–Crippen LogP) is 1.51. The fourth-order valence-corrected chi connectivity index (χ4v) is 2.75. The van der Waals surface area contributed by atoms with Crippen LogP contribution in [0.25, 0.3) is 0 Å². The number of benzene rings is 2. The van der Waals surface area contributed by atoms with Gasteiger partial charge in [0, 0.05) is 30.5 Å². The molecule has 134 valence electrons. The van der Waals surface area contributed by atoms with Crippen LogP contribution >= 0.6 is 0 Å². The first-order valence-electron chi connectivity index (χ1n) is 8.18. The highest BCUT2D eigenvalue weighted by Gasteiger charge is 2.34. The molecule has 3 amide bonds. The van der Waals surface area contributed by atoms with Crippen molar-refractivity contribution in [1.82, 2.24) is 4.90 Å². The minimum Gasteiger partial charge on any atom is -0.497 e. The number of rotatable bonds is 5. The SMILES string of the molecule is COc1cccc(N2CCN(CC(=O)Nc3ccccc3)C(=O)C2=O)c1. The van der Waals surface area contributed by atoms with E-state index in [1.165, 1.54) is 16.9 Å². The molecule has 1 aliphatic rings. The van der Waals surface area contributed by atoms with E-state index < -0.39 is 11.8 Å². The van der Waals surface area contributed by atoms with Crippen LogP contribution in [0.4, 0.5) is 11.4 Å². The summed E-state index contributed by atoms with van der Waals surface area (Å²) in [5.74, 6) is -1.08. The Morgan fingerprint density at radius 3 is 2.54 bits per heavy atom. The maximum absolute atomic E-state index is 12.4. The maximum Gasteiger partial charge on any atom is 0.316 e. The lowest BCUT2D eigenvalue weighted by molar-refractivity contribution is -0.147. The zero-order valence-corrected chi connectivity index (χ0v) is 14.3. The third kappa shape index (κ3) is 3.83. The van der Waals surface area contributed by atoms with E-state index in [-0.39, 0.29) is 19.0 Å². The van der Waals surface area contributed by atoms with Crippen molar-refractivity contribution >= 4 is 29.1 Å². The molecule has 1 heterocycles. The standard InChI is InChI=1S/C19H19N3O4/c1-26-16-9-5-8-15(12-16)22-11-10-21(18(24)19(22)25)13-17(23)20-14-6-3-2-4-7-14/h2-9,12H,10-11,13H2,1H3,(H,20,23). The van der Waals surface area contributed by atoms with E-state index in [1.807, 2.05) is 6.07 Å². The molecular formula is C19H19N3O4. The molecule has 2 aromatic carbocycles. The number of anilines is 2. The number of hydrogen-bond acceptors (Lipinski definition) is 4. The van der Waals surface area contributed by atoms with Crippen LogP contribution in [0.15, 0.2) is 54.6 Å². The predicted molar refractivity (Wildman–Crippen MR) is 97.0 cm³/mol. The molecule has 0 radical (unpaired) electrons. The number of para-hydroxylation sites is 1. The second-order valence-corrected chi connectivity index (χ2v) is 5.80. The number of hydrogen-bond donors (Lipinski definition) is 1. The average molecular weight is 353 g/mol. The highest BCUT2D eigenvalue weighted by Crippen LogP contribution is 2.23. The first-order chi connectivity index (χ1) is 12.6. The molecule has 1 fully saturated rings. The second kappa shape index (κ2) is 7.69. The van der Waals surface area contributed by atoms with Crippen molar-refractivity contribution in [1.29, 1.82) is 0 Å². The molecule has 7 nitrogen and oxygen atoms in total. The largest absolute Gasteiger partial charge is 0.497 e. The summed E-state index contributed by atoms with van der Waals surface area (Å²) in [6.45, 7) is 0.436. The molecular weight excluding hydrogens is 334 g/mol. The summed E-state index contributed by atoms with van der Waals surface area (Å²) in [5.41, 5.74) is 1.24. The van der Waals surface area contributed by atoms with Crippen molar-refractivity contribution in [3.8, 4) is 5.75 Å². The van der Waals surface area contributed by atoms with Crippen molar-refractivity contribution in [2.45, 2.75) is 0 Å². The number of carbonyl (C=O) groups is 3. The Morgan fingerprint density at radius 1 is 1.04 bits per heavy atom. The Balaban J connectivity index is 1.64. The number of nitrogens with zero attached hydrogens (tertiary/aromatic N) is 2. The van der Waals surface area contributed by atoms with Crippen LogP contribution in [0.2, 0.25) is 0 Å². The number of methoxy groups -OCH3 is 1. The summed E-state index contributed by atoms with van der Waals surface area (Å²) in [5, 5.41) is 2.71. The number of carbonyl (C=O) groups excluding carboxylic acids is 3. The van der Waals surface area contributed by atoms with E-state index >= 15 is 0 Å². The van der Waals surface area contributed by atoms with Crippen molar-refractivity contribution < 1.29 is 19.1 Å². The number of piperazine rings is 1. The molecule has 0 spiro atoms. The van der Waals surface area contributed by atoms with Crippen molar-refractivity contribution in [2.24, 2.45) is 0 Å². The fourth-order valence-electron chi connectivity index (χ4n) is 2.75. The van der Waals surface area contributed by atoms with Gasteiger partial charge in [0.15, 0.2) is 0 Å². The Labute approximate surface area is 151 Å². The molecule has 3 rings (SSSR count). The van der Waals surface area contributed by atoms with Crippen molar-refractivity contribution in [3.05, 3.63) is 54.6 Å². The molecule has 1 saturated heterocycles. The summed E-state index contributed by atoms with van der Waals surface area (Å²) < 4.78 is 5.15. The van der Waals surface area contributed by atoms with Gasteiger partial charge in [0.25, 0.3) is 0 Å². The molecule has 0 atom stereocenters. The highest BCUT2D eigenvalue weighted by molar-refractivity contribution is 6.41. The topological polar surface area (TPSA) is 79.0 Å². The third-order valence-corrected chi connectivity index (χ3v) is 4.07. The molecule has 0 saturated carbocycles. The van der Waals surface area contributed by atoms with Gasteiger partial charge in [0.1, 0.15) is 12.3 Å². The summed E-state index contributed by atoms with van der Waals surface area (Å²) in [7, 11) is 1.54. The van der Waals surface area contributed by atoms with Gasteiger partial charge in [-0.1, -0.05) is 24.3 Å². The van der Waals surface area contributed by atoms with Gasteiger partial charge in [-0.05, 0) is 24.3 Å². The Hall–Kier alpha value is -3.35. The van der Waals surface area contributed by atoms with Gasteiger partial charge in [-0.25, -0.2) is 0 Å². The van der Waals surface area contributed by atoms with Crippen LogP contribution in [0.1, 0.15) is 0 Å². The quantitative estimate of drug-likeness (QED) is 0.827. The summed E-state index contributed by atoms with van der Waals surface area (Å²) >= 11 is 0. The van der Waals surface area contributed by atoms with Gasteiger partial charge in [-0.2, -0.15) is 0 Å². The van der Waals surface area contributed by atoms with E-state index in [9.17, 15) is 14.4 Å². The average Bonchev–Trinajstić information content (AvgIpc) is 2.66. The lowest BCUT2D eigenvalue weighted by atomic mass is 10.2. The third-order valence-electron chi connectivity index (χ3n) is 4.07. The molecule has 0 aliphatic carbocycles. The Kier molecular flexibility index (Phi) is 5.17. The molecule has 2 aromatic rings. The van der Waals surface area contributed by atoms with Gasteiger partial charge in [-0.3, -0.25) is 14.4 Å². The van der Waals surface area contributed by atoms with Crippen LogP contribution in [0.3, 0.4) is 0 Å². The number of amides is 3. The molecule has 26 heavy (non-hydrogen) atoms. The summed E-state index contributed by atoms with van der Waals surface area (Å²) in [6.07, 6.45) is 0. The van der Waals surface area contributed by atoms with Crippen LogP contribution in [0, 0.1) is 0 Å². The van der Waals surface area contributed by atoms with Crippen molar-refractivity contribution in [2.75, 3.05) is 37.0 Å². The van der Waals surface area contributed by atoms with Gasteiger partial charge >= 0.3 is 11.8 Å². The first-order valence-corrected chi connectivity index (χ1v) is 8.18. The van der Waals surface area contributed by atoms with Crippen LogP contribution < -0.4 is 15.0 Å². The molecule has 7 heteroatoms. The second-order valence-electron chi connectivity index (χ2n) is 5.80. The lowest BCUT2D eigenvalue weighted by Gasteiger charge is -2.33. The van der Waals surface area contributed by atoms with Crippen LogP contribution in [0.5, 0.6) is 5.75 Å². The Bertz CT molecular complexity index is 823. The van der Waals surface area contributed by atoms with Gasteiger partial charge in [0.05, 0.1) is 7.11 Å². The Morgan fingerprint density at radius 2 is 1.81 bits per heavy atom. The monoisotopic (exact) mass is 353 g/mol. The van der Waals surface area contributed by atoms with Crippen LogP contribution in [-0.4, -0.2) is 49.4 Å². The molecule has 0 unspecified atom stereocenters. The van der Waals surface area contributed by atoms with E-state index in [2.05, 4.69) is 5.32 Å². The van der Waals surface area contributed by atoms with Crippen LogP contribution in [-0.2, 0) is 14.4 Å². The minimum atomic E-state index is -0.692. The first kappa shape index (κ1) is 17.5. The minimum absolute atomic E-state index is 0.161. The highest BCUT2D eigenvalue weighted by atomic mass is 16.5. The van der Waals surface area contributed by atoms with E-state index in [4.69, 9.17) is 4.74 Å². The normalized spacial score (nSPS) is 14.3. The number of ether oxygens (including phenoxy) is 1. The van der Waals surface area contributed by atoms with E-state index in [0.717, 1.165) is 0 Å². The number of nitrogens with one attached hydrogen (secondary N) is 1. The maximum atomic E-state index is 12.4.